The summed E-state index contributed by atoms with van der Waals surface area (Å²) in [4.78, 5) is 11.7. The zero-order valence-corrected chi connectivity index (χ0v) is 10.3. The molecule has 1 aromatic rings. The van der Waals surface area contributed by atoms with Gasteiger partial charge in [-0.3, -0.25) is 4.79 Å². The van der Waals surface area contributed by atoms with Crippen LogP contribution in [0, 0.1) is 5.92 Å². The molecule has 0 fully saturated rings. The van der Waals surface area contributed by atoms with Crippen molar-refractivity contribution in [2.45, 2.75) is 39.2 Å². The third-order valence-electron chi connectivity index (χ3n) is 3.83. The van der Waals surface area contributed by atoms with Gasteiger partial charge in [0.2, 0.25) is 0 Å². The van der Waals surface area contributed by atoms with Crippen molar-refractivity contribution in [3.05, 3.63) is 29.8 Å². The summed E-state index contributed by atoms with van der Waals surface area (Å²) in [5, 5.41) is 0. The number of benzene rings is 1. The van der Waals surface area contributed by atoms with Gasteiger partial charge in [0.1, 0.15) is 5.75 Å². The van der Waals surface area contributed by atoms with E-state index in [1.165, 1.54) is 0 Å². The molecule has 1 aromatic carbocycles. The molecule has 0 spiro atoms. The van der Waals surface area contributed by atoms with E-state index >= 15 is 0 Å². The van der Waals surface area contributed by atoms with Crippen molar-refractivity contribution < 1.29 is 9.53 Å². The SMILES string of the molecule is CC(=O)C1Oc2ccccc2C1(C)C(C)C. The van der Waals surface area contributed by atoms with E-state index in [0.717, 1.165) is 11.3 Å². The predicted octanol–water partition coefficient (Wildman–Crippen LogP) is 2.95. The van der Waals surface area contributed by atoms with Crippen LogP contribution in [0.3, 0.4) is 0 Å². The van der Waals surface area contributed by atoms with Crippen LogP contribution in [0.1, 0.15) is 33.3 Å². The molecule has 0 radical (unpaired) electrons. The average Bonchev–Trinajstić information content (AvgIpc) is 2.54. The monoisotopic (exact) mass is 218 g/mol. The van der Waals surface area contributed by atoms with Gasteiger partial charge in [0.15, 0.2) is 11.9 Å². The minimum absolute atomic E-state index is 0.104. The second-order valence-electron chi connectivity index (χ2n) is 5.04. The molecule has 0 aromatic heterocycles. The first-order chi connectivity index (χ1) is 7.48. The fourth-order valence-electron chi connectivity index (χ4n) is 2.52. The molecule has 2 nitrogen and oxygen atoms in total. The van der Waals surface area contributed by atoms with E-state index in [9.17, 15) is 4.79 Å². The van der Waals surface area contributed by atoms with Crippen LogP contribution in [-0.2, 0) is 10.2 Å². The first-order valence-corrected chi connectivity index (χ1v) is 5.74. The Morgan fingerprint density at radius 1 is 1.38 bits per heavy atom. The number of Topliss-reactive ketones (excluding diaryl/α,β-unsaturated/α-hetero) is 1. The smallest absolute Gasteiger partial charge is 0.171 e. The topological polar surface area (TPSA) is 26.3 Å². The zero-order chi connectivity index (χ0) is 11.9. The second kappa shape index (κ2) is 3.62. The molecule has 2 rings (SSSR count). The molecule has 1 aliphatic heterocycles. The Morgan fingerprint density at radius 3 is 2.56 bits per heavy atom. The highest BCUT2D eigenvalue weighted by Crippen LogP contribution is 2.47. The van der Waals surface area contributed by atoms with Crippen molar-refractivity contribution in [2.75, 3.05) is 0 Å². The molecule has 1 aliphatic rings. The molecular weight excluding hydrogens is 200 g/mol. The lowest BCUT2D eigenvalue weighted by molar-refractivity contribution is -0.126. The Balaban J connectivity index is 2.56. The fourth-order valence-corrected chi connectivity index (χ4v) is 2.52. The number of ketones is 1. The van der Waals surface area contributed by atoms with Crippen LogP contribution in [0.25, 0.3) is 0 Å². The molecule has 0 saturated carbocycles. The van der Waals surface area contributed by atoms with Gasteiger partial charge in [0.05, 0.1) is 0 Å². The molecule has 86 valence electrons. The molecule has 0 N–H and O–H groups in total. The van der Waals surface area contributed by atoms with Crippen molar-refractivity contribution >= 4 is 5.78 Å². The van der Waals surface area contributed by atoms with Gasteiger partial charge in [-0.1, -0.05) is 39.0 Å². The summed E-state index contributed by atoms with van der Waals surface area (Å²) >= 11 is 0. The van der Waals surface area contributed by atoms with Crippen LogP contribution in [0.4, 0.5) is 0 Å². The van der Waals surface area contributed by atoms with Crippen LogP contribution >= 0.6 is 0 Å². The van der Waals surface area contributed by atoms with Gasteiger partial charge >= 0.3 is 0 Å². The van der Waals surface area contributed by atoms with Gasteiger partial charge in [-0.05, 0) is 18.9 Å². The molecular formula is C14H18O2. The molecule has 2 heteroatoms. The van der Waals surface area contributed by atoms with Crippen molar-refractivity contribution in [3.8, 4) is 5.75 Å². The largest absolute Gasteiger partial charge is 0.481 e. The molecule has 1 heterocycles. The molecule has 0 bridgehead atoms. The first-order valence-electron chi connectivity index (χ1n) is 5.74. The fraction of sp³-hybridized carbons (Fsp3) is 0.500. The summed E-state index contributed by atoms with van der Waals surface area (Å²) in [6, 6.07) is 7.96. The van der Waals surface area contributed by atoms with E-state index in [1.807, 2.05) is 18.2 Å². The van der Waals surface area contributed by atoms with Gasteiger partial charge in [-0.15, -0.1) is 0 Å². The minimum atomic E-state index is -0.343. The summed E-state index contributed by atoms with van der Waals surface area (Å²) in [5.41, 5.74) is 0.952. The van der Waals surface area contributed by atoms with Crippen LogP contribution < -0.4 is 4.74 Å². The Kier molecular flexibility index (Phi) is 2.53. The molecule has 0 amide bonds. The van der Waals surface area contributed by atoms with Crippen LogP contribution in [0.5, 0.6) is 5.75 Å². The van der Waals surface area contributed by atoms with E-state index < -0.39 is 0 Å². The van der Waals surface area contributed by atoms with Crippen LogP contribution in [0.15, 0.2) is 24.3 Å². The number of carbonyl (C=O) groups excluding carboxylic acids is 1. The van der Waals surface area contributed by atoms with Gasteiger partial charge < -0.3 is 4.74 Å². The Labute approximate surface area is 96.6 Å². The predicted molar refractivity (Wildman–Crippen MR) is 63.7 cm³/mol. The van der Waals surface area contributed by atoms with Crippen molar-refractivity contribution in [3.63, 3.8) is 0 Å². The van der Waals surface area contributed by atoms with E-state index in [4.69, 9.17) is 4.74 Å². The third-order valence-corrected chi connectivity index (χ3v) is 3.83. The number of rotatable bonds is 2. The highest BCUT2D eigenvalue weighted by molar-refractivity contribution is 5.84. The van der Waals surface area contributed by atoms with E-state index in [0.29, 0.717) is 5.92 Å². The highest BCUT2D eigenvalue weighted by atomic mass is 16.5. The summed E-state index contributed by atoms with van der Waals surface area (Å²) in [5.74, 6) is 1.33. The molecule has 2 atom stereocenters. The van der Waals surface area contributed by atoms with Crippen LogP contribution in [0.2, 0.25) is 0 Å². The van der Waals surface area contributed by atoms with E-state index in [-0.39, 0.29) is 17.3 Å². The molecule has 0 aliphatic carbocycles. The number of hydrogen-bond acceptors (Lipinski definition) is 2. The summed E-state index contributed by atoms with van der Waals surface area (Å²) in [7, 11) is 0. The Hall–Kier alpha value is -1.31. The van der Waals surface area contributed by atoms with Crippen molar-refractivity contribution in [1.82, 2.24) is 0 Å². The summed E-state index contributed by atoms with van der Waals surface area (Å²) < 4.78 is 5.80. The van der Waals surface area contributed by atoms with Crippen molar-refractivity contribution in [1.29, 1.82) is 0 Å². The maximum Gasteiger partial charge on any atom is 0.171 e. The molecule has 0 saturated heterocycles. The van der Waals surface area contributed by atoms with Crippen molar-refractivity contribution in [2.24, 2.45) is 5.92 Å². The Morgan fingerprint density at radius 2 is 2.00 bits per heavy atom. The summed E-state index contributed by atoms with van der Waals surface area (Å²) in [6.07, 6.45) is -0.343. The van der Waals surface area contributed by atoms with E-state index in [1.54, 1.807) is 6.92 Å². The lowest BCUT2D eigenvalue weighted by Gasteiger charge is -2.32. The highest BCUT2D eigenvalue weighted by Gasteiger charge is 2.49. The average molecular weight is 218 g/mol. The van der Waals surface area contributed by atoms with E-state index in [2.05, 4.69) is 26.8 Å². The number of hydrogen-bond donors (Lipinski definition) is 0. The maximum atomic E-state index is 11.7. The number of para-hydroxylation sites is 1. The maximum absolute atomic E-state index is 11.7. The first kappa shape index (κ1) is 11.2. The van der Waals surface area contributed by atoms with Crippen LogP contribution in [-0.4, -0.2) is 11.9 Å². The zero-order valence-electron chi connectivity index (χ0n) is 10.3. The lowest BCUT2D eigenvalue weighted by Crippen LogP contribution is -2.44. The van der Waals surface area contributed by atoms with Gasteiger partial charge in [0, 0.05) is 11.0 Å². The van der Waals surface area contributed by atoms with Gasteiger partial charge in [-0.2, -0.15) is 0 Å². The third kappa shape index (κ3) is 1.36. The minimum Gasteiger partial charge on any atom is -0.481 e. The van der Waals surface area contributed by atoms with Gasteiger partial charge in [-0.25, -0.2) is 0 Å². The second-order valence-corrected chi connectivity index (χ2v) is 5.04. The number of fused-ring (bicyclic) bond motifs is 1. The lowest BCUT2D eigenvalue weighted by atomic mass is 9.69. The standard InChI is InChI=1S/C14H18O2/c1-9(2)14(4)11-7-5-6-8-12(11)16-13(14)10(3)15/h5-9,13H,1-4H3. The number of carbonyl (C=O) groups is 1. The van der Waals surface area contributed by atoms with Gasteiger partial charge in [0.25, 0.3) is 0 Å². The molecule has 16 heavy (non-hydrogen) atoms. The molecule has 2 unspecified atom stereocenters. The normalized spacial score (nSPS) is 27.7. The quantitative estimate of drug-likeness (QED) is 0.763. The summed E-state index contributed by atoms with van der Waals surface area (Å²) in [6.45, 7) is 8.01. The Bertz CT molecular complexity index is 422. The number of ether oxygens (including phenoxy) is 1.